The Balaban J connectivity index is 2.30. The Kier molecular flexibility index (Phi) is 4.61. The molecule has 0 aliphatic heterocycles. The fourth-order valence-corrected chi connectivity index (χ4v) is 4.31. The molecule has 20 heavy (non-hydrogen) atoms. The third-order valence-corrected chi connectivity index (χ3v) is 7.47. The van der Waals surface area contributed by atoms with Gasteiger partial charge >= 0.3 is 0 Å². The van der Waals surface area contributed by atoms with Crippen molar-refractivity contribution in [3.63, 3.8) is 0 Å². The number of nitrogen functional groups attached to an aromatic ring is 1. The summed E-state index contributed by atoms with van der Waals surface area (Å²) < 4.78 is 40.9. The van der Waals surface area contributed by atoms with E-state index in [0.29, 0.717) is 0 Å². The van der Waals surface area contributed by atoms with Crippen molar-refractivity contribution >= 4 is 55.0 Å². The van der Waals surface area contributed by atoms with Gasteiger partial charge in [-0.25, -0.2) is 17.5 Å². The van der Waals surface area contributed by atoms with Gasteiger partial charge in [0.15, 0.2) is 5.82 Å². The molecule has 0 heterocycles. The van der Waals surface area contributed by atoms with Gasteiger partial charge in [-0.3, -0.25) is 0 Å². The number of thioether (sulfide) groups is 1. The molecule has 1 aromatic rings. The number of rotatable bonds is 5. The van der Waals surface area contributed by atoms with Gasteiger partial charge in [-0.15, -0.1) is 0 Å². The Hall–Kier alpha value is -0.0200. The summed E-state index contributed by atoms with van der Waals surface area (Å²) in [6.45, 7) is 0.267. The molecule has 0 saturated heterocycles. The first-order chi connectivity index (χ1) is 9.22. The van der Waals surface area contributed by atoms with Crippen molar-refractivity contribution in [3.8, 4) is 0 Å². The van der Waals surface area contributed by atoms with Crippen LogP contribution in [0.2, 0.25) is 5.02 Å². The molecule has 0 bridgehead atoms. The first-order valence-corrected chi connectivity index (χ1v) is 9.58. The standard InChI is InChI=1S/C11H13BrClFN2O2S2/c1-19-11(2-3-11)5-16-20(17,18)7-4-6(13)8(12)10(15)9(7)14/h4,16H,2-3,5,15H2,1H3. The lowest BCUT2D eigenvalue weighted by Crippen LogP contribution is -2.32. The number of nitrogens with one attached hydrogen (secondary N) is 1. The number of hydrogen-bond donors (Lipinski definition) is 2. The highest BCUT2D eigenvalue weighted by Crippen LogP contribution is 2.46. The van der Waals surface area contributed by atoms with Gasteiger partial charge in [-0.1, -0.05) is 11.6 Å². The first kappa shape index (κ1) is 16.4. The Labute approximate surface area is 134 Å². The highest BCUT2D eigenvalue weighted by Gasteiger charge is 2.42. The predicted molar refractivity (Wildman–Crippen MR) is 84.2 cm³/mol. The van der Waals surface area contributed by atoms with Crippen LogP contribution in [0, 0.1) is 5.82 Å². The summed E-state index contributed by atoms with van der Waals surface area (Å²) in [5.41, 5.74) is 5.18. The van der Waals surface area contributed by atoms with E-state index in [1.54, 1.807) is 11.8 Å². The zero-order valence-electron chi connectivity index (χ0n) is 10.5. The van der Waals surface area contributed by atoms with Crippen molar-refractivity contribution in [1.29, 1.82) is 0 Å². The lowest BCUT2D eigenvalue weighted by Gasteiger charge is -2.15. The number of hydrogen-bond acceptors (Lipinski definition) is 4. The fourth-order valence-electron chi connectivity index (χ4n) is 1.69. The molecule has 0 unspecified atom stereocenters. The van der Waals surface area contributed by atoms with Crippen molar-refractivity contribution < 1.29 is 12.8 Å². The Morgan fingerprint density at radius 3 is 2.70 bits per heavy atom. The molecule has 9 heteroatoms. The van der Waals surface area contributed by atoms with E-state index in [4.69, 9.17) is 17.3 Å². The maximum atomic E-state index is 14.0. The van der Waals surface area contributed by atoms with Crippen LogP contribution in [0.4, 0.5) is 10.1 Å². The molecule has 0 spiro atoms. The van der Waals surface area contributed by atoms with Crippen molar-refractivity contribution in [1.82, 2.24) is 4.72 Å². The van der Waals surface area contributed by atoms with E-state index in [0.717, 1.165) is 18.9 Å². The van der Waals surface area contributed by atoms with Crippen LogP contribution < -0.4 is 10.5 Å². The zero-order chi connectivity index (χ0) is 15.1. The SMILES string of the molecule is CSC1(CNS(=O)(=O)c2cc(Cl)c(Br)c(N)c2F)CC1. The molecule has 0 atom stereocenters. The number of halogens is 3. The summed E-state index contributed by atoms with van der Waals surface area (Å²) in [5.74, 6) is -0.997. The largest absolute Gasteiger partial charge is 0.395 e. The predicted octanol–water partition coefficient (Wildman–Crippen LogP) is 3.00. The average molecular weight is 404 g/mol. The molecular formula is C11H13BrClFN2O2S2. The minimum absolute atomic E-state index is 0.0512. The smallest absolute Gasteiger partial charge is 0.243 e. The quantitative estimate of drug-likeness (QED) is 0.585. The summed E-state index contributed by atoms with van der Waals surface area (Å²) in [5, 5.41) is 0.0512. The number of nitrogens with two attached hydrogens (primary N) is 1. The van der Waals surface area contributed by atoms with Crippen LogP contribution in [0.15, 0.2) is 15.4 Å². The molecule has 1 fully saturated rings. The van der Waals surface area contributed by atoms with Crippen molar-refractivity contribution in [2.24, 2.45) is 0 Å². The Morgan fingerprint density at radius 1 is 1.60 bits per heavy atom. The molecule has 1 aliphatic carbocycles. The summed E-state index contributed by atoms with van der Waals surface area (Å²) in [4.78, 5) is -0.528. The van der Waals surface area contributed by atoms with Crippen LogP contribution in [0.25, 0.3) is 0 Å². The van der Waals surface area contributed by atoms with Crippen LogP contribution in [0.3, 0.4) is 0 Å². The normalized spacial score (nSPS) is 17.2. The molecule has 1 aliphatic rings. The molecule has 112 valence electrons. The molecule has 3 N–H and O–H groups in total. The monoisotopic (exact) mass is 402 g/mol. The minimum Gasteiger partial charge on any atom is -0.395 e. The second-order valence-corrected chi connectivity index (χ2v) is 8.82. The highest BCUT2D eigenvalue weighted by molar-refractivity contribution is 9.10. The van der Waals surface area contributed by atoms with Crippen LogP contribution >= 0.6 is 39.3 Å². The van der Waals surface area contributed by atoms with Gasteiger partial charge in [0.1, 0.15) is 4.90 Å². The van der Waals surface area contributed by atoms with Crippen LogP contribution in [-0.2, 0) is 10.0 Å². The first-order valence-electron chi connectivity index (χ1n) is 5.70. The second kappa shape index (κ2) is 5.64. The van der Waals surface area contributed by atoms with E-state index >= 15 is 0 Å². The Bertz CT molecular complexity index is 650. The van der Waals surface area contributed by atoms with E-state index in [-0.39, 0.29) is 26.5 Å². The van der Waals surface area contributed by atoms with Crippen molar-refractivity contribution in [3.05, 3.63) is 21.4 Å². The maximum Gasteiger partial charge on any atom is 0.243 e. The maximum absolute atomic E-state index is 14.0. The van der Waals surface area contributed by atoms with Crippen molar-refractivity contribution in [2.45, 2.75) is 22.5 Å². The second-order valence-electron chi connectivity index (χ2n) is 4.61. The molecule has 1 saturated carbocycles. The van der Waals surface area contributed by atoms with Gasteiger partial charge < -0.3 is 5.73 Å². The van der Waals surface area contributed by atoms with Gasteiger partial charge in [0.05, 0.1) is 15.2 Å². The lowest BCUT2D eigenvalue weighted by molar-refractivity contribution is 0.557. The molecule has 4 nitrogen and oxygen atoms in total. The number of benzene rings is 1. The average Bonchev–Trinajstić information content (AvgIpc) is 3.19. The summed E-state index contributed by atoms with van der Waals surface area (Å²) in [6, 6.07) is 1.05. The van der Waals surface area contributed by atoms with E-state index in [9.17, 15) is 12.8 Å². The molecule has 2 rings (SSSR count). The van der Waals surface area contributed by atoms with Gasteiger partial charge in [-0.05, 0) is 41.1 Å². The molecule has 1 aromatic carbocycles. The zero-order valence-corrected chi connectivity index (χ0v) is 14.5. The van der Waals surface area contributed by atoms with Gasteiger partial charge in [0, 0.05) is 11.3 Å². The van der Waals surface area contributed by atoms with Crippen molar-refractivity contribution in [2.75, 3.05) is 18.5 Å². The van der Waals surface area contributed by atoms with E-state index in [1.165, 1.54) is 0 Å². The van der Waals surface area contributed by atoms with E-state index in [2.05, 4.69) is 20.7 Å². The van der Waals surface area contributed by atoms with Crippen LogP contribution in [0.1, 0.15) is 12.8 Å². The number of anilines is 1. The third kappa shape index (κ3) is 3.09. The summed E-state index contributed by atoms with van der Waals surface area (Å²) >= 11 is 10.5. The number of sulfonamides is 1. The minimum atomic E-state index is -3.98. The molecule has 0 aromatic heterocycles. The van der Waals surface area contributed by atoms with Crippen LogP contribution in [0.5, 0.6) is 0 Å². The Morgan fingerprint density at radius 2 is 2.20 bits per heavy atom. The summed E-state index contributed by atoms with van der Waals surface area (Å²) in [7, 11) is -3.98. The van der Waals surface area contributed by atoms with Gasteiger partial charge in [0.2, 0.25) is 10.0 Å². The highest BCUT2D eigenvalue weighted by atomic mass is 79.9. The fraction of sp³-hybridized carbons (Fsp3) is 0.455. The van der Waals surface area contributed by atoms with E-state index in [1.807, 2.05) is 6.26 Å². The molecule has 0 amide bonds. The topological polar surface area (TPSA) is 72.2 Å². The van der Waals surface area contributed by atoms with Gasteiger partial charge in [0.25, 0.3) is 0 Å². The van der Waals surface area contributed by atoms with Crippen LogP contribution in [-0.4, -0.2) is 26.0 Å². The lowest BCUT2D eigenvalue weighted by atomic mass is 10.3. The van der Waals surface area contributed by atoms with E-state index < -0.39 is 20.7 Å². The third-order valence-electron chi connectivity index (χ3n) is 3.27. The molecular weight excluding hydrogens is 391 g/mol. The van der Waals surface area contributed by atoms with Gasteiger partial charge in [-0.2, -0.15) is 11.8 Å². The molecule has 0 radical (unpaired) electrons. The summed E-state index contributed by atoms with van der Waals surface area (Å²) in [6.07, 6.45) is 3.82.